The predicted molar refractivity (Wildman–Crippen MR) is 123 cm³/mol. The van der Waals surface area contributed by atoms with Crippen LogP contribution in [0.5, 0.6) is 5.75 Å². The molecule has 2 aromatic carbocycles. The summed E-state index contributed by atoms with van der Waals surface area (Å²) in [5.74, 6) is 0.110. The van der Waals surface area contributed by atoms with Crippen molar-refractivity contribution < 1.29 is 17.9 Å². The topological polar surface area (TPSA) is 103 Å². The number of anilines is 1. The monoisotopic (exact) mass is 454 g/mol. The highest BCUT2D eigenvalue weighted by atomic mass is 32.2. The van der Waals surface area contributed by atoms with Crippen molar-refractivity contribution in [2.45, 2.75) is 11.3 Å². The molecule has 9 heteroatoms. The van der Waals surface area contributed by atoms with E-state index < -0.39 is 10.0 Å². The highest BCUT2D eigenvalue weighted by Crippen LogP contribution is 2.25. The molecule has 1 N–H and O–H groups in total. The van der Waals surface area contributed by atoms with Gasteiger partial charge in [0.05, 0.1) is 18.7 Å². The summed E-state index contributed by atoms with van der Waals surface area (Å²) in [4.78, 5) is 16.8. The molecular formula is C23H26N4O4S. The molecule has 0 aromatic heterocycles. The number of hydrogen-bond acceptors (Lipinski definition) is 6. The molecule has 168 valence electrons. The second-order valence-corrected chi connectivity index (χ2v) is 9.13. The van der Waals surface area contributed by atoms with Crippen LogP contribution in [-0.4, -0.2) is 59.6 Å². The molecular weight excluding hydrogens is 428 g/mol. The van der Waals surface area contributed by atoms with Crippen molar-refractivity contribution in [3.05, 3.63) is 59.7 Å². The Morgan fingerprint density at radius 3 is 2.53 bits per heavy atom. The van der Waals surface area contributed by atoms with Crippen LogP contribution in [-0.2, 0) is 14.8 Å². The lowest BCUT2D eigenvalue weighted by Gasteiger charge is -2.23. The Hall–Kier alpha value is -3.35. The standard InChI is InChI=1S/C23H26N4O4S/c1-25-32(29,30)22-16-18(6-10-21(22)31-2)7-11-23(28)27-13-3-12-26(14-15-27)20-8-4-19(17-24)5-9-20/h4-11,16,25H,3,12-15H2,1-2H3/b11-7+. The minimum absolute atomic E-state index is 0.0185. The molecule has 8 nitrogen and oxygen atoms in total. The number of benzene rings is 2. The van der Waals surface area contributed by atoms with E-state index in [-0.39, 0.29) is 16.6 Å². The van der Waals surface area contributed by atoms with Gasteiger partial charge in [0.1, 0.15) is 10.6 Å². The number of sulfonamides is 1. The summed E-state index contributed by atoms with van der Waals surface area (Å²) >= 11 is 0. The lowest BCUT2D eigenvalue weighted by molar-refractivity contribution is -0.125. The zero-order chi connectivity index (χ0) is 23.1. The van der Waals surface area contributed by atoms with Crippen molar-refractivity contribution in [3.63, 3.8) is 0 Å². The predicted octanol–water partition coefficient (Wildman–Crippen LogP) is 2.23. The lowest BCUT2D eigenvalue weighted by Crippen LogP contribution is -2.34. The van der Waals surface area contributed by atoms with Crippen LogP contribution in [0.25, 0.3) is 6.08 Å². The van der Waals surface area contributed by atoms with E-state index in [1.165, 1.54) is 26.3 Å². The molecule has 1 aliphatic heterocycles. The molecule has 1 fully saturated rings. The molecule has 0 radical (unpaired) electrons. The van der Waals surface area contributed by atoms with E-state index in [0.29, 0.717) is 30.8 Å². The van der Waals surface area contributed by atoms with Gasteiger partial charge in [-0.3, -0.25) is 4.79 Å². The molecule has 0 aliphatic carbocycles. The quantitative estimate of drug-likeness (QED) is 0.672. The second-order valence-electron chi connectivity index (χ2n) is 7.28. The molecule has 3 rings (SSSR count). The maximum Gasteiger partial charge on any atom is 0.246 e. The Balaban J connectivity index is 1.68. The van der Waals surface area contributed by atoms with Gasteiger partial charge in [-0.15, -0.1) is 0 Å². The van der Waals surface area contributed by atoms with Crippen molar-refractivity contribution in [2.24, 2.45) is 0 Å². The Morgan fingerprint density at radius 2 is 1.88 bits per heavy atom. The third-order valence-electron chi connectivity index (χ3n) is 5.33. The Morgan fingerprint density at radius 1 is 1.12 bits per heavy atom. The maximum absolute atomic E-state index is 12.7. The molecule has 1 aliphatic rings. The number of carbonyl (C=O) groups is 1. The van der Waals surface area contributed by atoms with E-state index in [2.05, 4.69) is 15.7 Å². The van der Waals surface area contributed by atoms with Gasteiger partial charge >= 0.3 is 0 Å². The Bertz CT molecular complexity index is 1140. The van der Waals surface area contributed by atoms with Crippen LogP contribution in [0.3, 0.4) is 0 Å². The normalized spacial score (nSPS) is 14.8. The Kier molecular flexibility index (Phi) is 7.51. The van der Waals surface area contributed by atoms with Gasteiger partial charge < -0.3 is 14.5 Å². The van der Waals surface area contributed by atoms with Crippen molar-refractivity contribution in [3.8, 4) is 11.8 Å². The fourth-order valence-electron chi connectivity index (χ4n) is 3.53. The van der Waals surface area contributed by atoms with Gasteiger partial charge in [-0.05, 0) is 61.5 Å². The van der Waals surface area contributed by atoms with Gasteiger partial charge in [0.15, 0.2) is 0 Å². The van der Waals surface area contributed by atoms with Gasteiger partial charge in [0.25, 0.3) is 0 Å². The van der Waals surface area contributed by atoms with Crippen molar-refractivity contribution in [2.75, 3.05) is 45.2 Å². The third kappa shape index (κ3) is 5.46. The number of nitrogens with zero attached hydrogens (tertiary/aromatic N) is 3. The molecule has 0 saturated carbocycles. The second kappa shape index (κ2) is 10.3. The van der Waals surface area contributed by atoms with E-state index in [1.54, 1.807) is 35.2 Å². The average molecular weight is 455 g/mol. The zero-order valence-electron chi connectivity index (χ0n) is 18.1. The molecule has 1 saturated heterocycles. The van der Waals surface area contributed by atoms with Gasteiger partial charge in [-0.1, -0.05) is 6.07 Å². The van der Waals surface area contributed by atoms with Crippen LogP contribution in [0.2, 0.25) is 0 Å². The highest BCUT2D eigenvalue weighted by molar-refractivity contribution is 7.89. The van der Waals surface area contributed by atoms with E-state index >= 15 is 0 Å². The fraction of sp³-hybridized carbons (Fsp3) is 0.304. The lowest BCUT2D eigenvalue weighted by atomic mass is 10.2. The summed E-state index contributed by atoms with van der Waals surface area (Å²) in [6.45, 7) is 2.73. The zero-order valence-corrected chi connectivity index (χ0v) is 18.9. The van der Waals surface area contributed by atoms with E-state index in [4.69, 9.17) is 10.00 Å². The number of nitriles is 1. The summed E-state index contributed by atoms with van der Waals surface area (Å²) in [6.07, 6.45) is 3.90. The van der Waals surface area contributed by atoms with Crippen LogP contribution in [0, 0.1) is 11.3 Å². The smallest absolute Gasteiger partial charge is 0.246 e. The number of nitrogens with one attached hydrogen (secondary N) is 1. The summed E-state index contributed by atoms with van der Waals surface area (Å²) in [5.41, 5.74) is 2.24. The van der Waals surface area contributed by atoms with E-state index in [9.17, 15) is 13.2 Å². The number of methoxy groups -OCH3 is 1. The maximum atomic E-state index is 12.7. The van der Waals surface area contributed by atoms with Gasteiger partial charge in [0.2, 0.25) is 15.9 Å². The first-order chi connectivity index (χ1) is 15.4. The highest BCUT2D eigenvalue weighted by Gasteiger charge is 2.19. The van der Waals surface area contributed by atoms with Gasteiger partial charge in [-0.2, -0.15) is 5.26 Å². The molecule has 0 unspecified atom stereocenters. The number of ether oxygens (including phenoxy) is 1. The summed E-state index contributed by atoms with van der Waals surface area (Å²) in [5, 5.41) is 8.95. The third-order valence-corrected chi connectivity index (χ3v) is 6.77. The first-order valence-corrected chi connectivity index (χ1v) is 11.7. The first kappa shape index (κ1) is 23.3. The summed E-state index contributed by atoms with van der Waals surface area (Å²) in [6, 6.07) is 14.3. The van der Waals surface area contributed by atoms with E-state index in [1.807, 2.05) is 12.1 Å². The summed E-state index contributed by atoms with van der Waals surface area (Å²) < 4.78 is 31.9. The van der Waals surface area contributed by atoms with Crippen LogP contribution < -0.4 is 14.4 Å². The SMILES string of the molecule is CNS(=O)(=O)c1cc(/C=C/C(=O)N2CCCN(c3ccc(C#N)cc3)CC2)ccc1OC. The fourth-order valence-corrected chi connectivity index (χ4v) is 4.46. The molecule has 2 aromatic rings. The molecule has 1 amide bonds. The van der Waals surface area contributed by atoms with Crippen LogP contribution >= 0.6 is 0 Å². The molecule has 1 heterocycles. The largest absolute Gasteiger partial charge is 0.495 e. The average Bonchev–Trinajstić information content (AvgIpc) is 3.09. The first-order valence-electron chi connectivity index (χ1n) is 10.2. The van der Waals surface area contributed by atoms with Crippen LogP contribution in [0.15, 0.2) is 53.4 Å². The Labute approximate surface area is 188 Å². The van der Waals surface area contributed by atoms with Gasteiger partial charge in [-0.25, -0.2) is 13.1 Å². The minimum atomic E-state index is -3.69. The van der Waals surface area contributed by atoms with Crippen molar-refractivity contribution in [1.29, 1.82) is 5.26 Å². The van der Waals surface area contributed by atoms with Crippen molar-refractivity contribution >= 4 is 27.7 Å². The van der Waals surface area contributed by atoms with E-state index in [0.717, 1.165) is 18.7 Å². The summed E-state index contributed by atoms with van der Waals surface area (Å²) in [7, 11) is -0.951. The van der Waals surface area contributed by atoms with Crippen molar-refractivity contribution in [1.82, 2.24) is 9.62 Å². The number of hydrogen-bond donors (Lipinski definition) is 1. The number of carbonyl (C=O) groups excluding carboxylic acids is 1. The number of rotatable bonds is 6. The molecule has 32 heavy (non-hydrogen) atoms. The van der Waals surface area contributed by atoms with Crippen LogP contribution in [0.1, 0.15) is 17.5 Å². The molecule has 0 atom stereocenters. The molecule has 0 spiro atoms. The van der Waals surface area contributed by atoms with Gasteiger partial charge in [0, 0.05) is 37.9 Å². The minimum Gasteiger partial charge on any atom is -0.495 e. The number of amides is 1. The molecule has 0 bridgehead atoms. The van der Waals surface area contributed by atoms with Crippen LogP contribution in [0.4, 0.5) is 5.69 Å².